The van der Waals surface area contributed by atoms with Gasteiger partial charge >= 0.3 is 0 Å². The number of alkyl halides is 1. The molecule has 0 amide bonds. The van der Waals surface area contributed by atoms with Crippen LogP contribution in [0.1, 0.15) is 25.6 Å². The van der Waals surface area contributed by atoms with Crippen LogP contribution in [0.15, 0.2) is 42.9 Å². The molecule has 2 heterocycles. The third-order valence-corrected chi connectivity index (χ3v) is 4.31. The number of halogens is 1. The highest BCUT2D eigenvalue weighted by molar-refractivity contribution is 5.93. The van der Waals surface area contributed by atoms with Crippen LogP contribution < -0.4 is 10.1 Å². The molecule has 0 radical (unpaired) electrons. The fourth-order valence-corrected chi connectivity index (χ4v) is 2.58. The second-order valence-corrected chi connectivity index (χ2v) is 6.35. The fourth-order valence-electron chi connectivity index (χ4n) is 2.58. The zero-order valence-corrected chi connectivity index (χ0v) is 14.0. The third-order valence-electron chi connectivity index (χ3n) is 4.31. The molecule has 1 fully saturated rings. The van der Waals surface area contributed by atoms with Crippen molar-refractivity contribution in [2.45, 2.75) is 31.9 Å². The Labute approximate surface area is 145 Å². The summed E-state index contributed by atoms with van der Waals surface area (Å²) in [6, 6.07) is 7.59. The van der Waals surface area contributed by atoms with E-state index >= 15 is 0 Å². The summed E-state index contributed by atoms with van der Waals surface area (Å²) >= 11 is 0. The van der Waals surface area contributed by atoms with Gasteiger partial charge in [-0.3, -0.25) is 0 Å². The molecular weight excluding hydrogens is 319 g/mol. The zero-order valence-electron chi connectivity index (χ0n) is 14.0. The maximum absolute atomic E-state index is 13.7. The Balaban J connectivity index is 1.56. The summed E-state index contributed by atoms with van der Waals surface area (Å²) in [5.41, 5.74) is -0.337. The van der Waals surface area contributed by atoms with Gasteiger partial charge in [0.25, 0.3) is 0 Å². The monoisotopic (exact) mass is 338 g/mol. The summed E-state index contributed by atoms with van der Waals surface area (Å²) in [5, 5.41) is 5.18. The molecule has 4 rings (SSSR count). The standard InChI is InChI=1S/C19H19FN4O/c1-2-17-22-10-14(11-23-17)24-18-16-4-3-15(9-13(16)5-8-21-18)25-12-19(20)6-7-19/h3-5,8-11H,2,6-7,12H2,1H3,(H,21,24). The lowest BCUT2D eigenvalue weighted by Gasteiger charge is -2.11. The Morgan fingerprint density at radius 1 is 1.16 bits per heavy atom. The number of aryl methyl sites for hydroxylation is 1. The number of aromatic nitrogens is 3. The summed E-state index contributed by atoms with van der Waals surface area (Å²) in [4.78, 5) is 13.0. The fraction of sp³-hybridized carbons (Fsp3) is 0.316. The Morgan fingerprint density at radius 2 is 1.96 bits per heavy atom. The minimum atomic E-state index is -1.12. The number of benzene rings is 1. The number of nitrogens with one attached hydrogen (secondary N) is 1. The first-order valence-corrected chi connectivity index (χ1v) is 8.44. The van der Waals surface area contributed by atoms with Gasteiger partial charge < -0.3 is 10.1 Å². The van der Waals surface area contributed by atoms with Crippen LogP contribution in [0, 0.1) is 0 Å². The van der Waals surface area contributed by atoms with E-state index in [1.54, 1.807) is 18.6 Å². The lowest BCUT2D eigenvalue weighted by atomic mass is 10.1. The van der Waals surface area contributed by atoms with Crippen molar-refractivity contribution in [1.29, 1.82) is 0 Å². The van der Waals surface area contributed by atoms with Crippen molar-refractivity contribution >= 4 is 22.3 Å². The molecule has 128 valence electrons. The van der Waals surface area contributed by atoms with Crippen LogP contribution in [0.25, 0.3) is 10.8 Å². The predicted molar refractivity (Wildman–Crippen MR) is 95.0 cm³/mol. The van der Waals surface area contributed by atoms with E-state index in [1.807, 2.05) is 31.2 Å². The van der Waals surface area contributed by atoms with Gasteiger partial charge in [0.05, 0.1) is 18.1 Å². The molecule has 1 aliphatic rings. The number of hydrogen-bond donors (Lipinski definition) is 1. The smallest absolute Gasteiger partial charge is 0.145 e. The van der Waals surface area contributed by atoms with Crippen molar-refractivity contribution in [2.75, 3.05) is 11.9 Å². The molecule has 2 aromatic heterocycles. The van der Waals surface area contributed by atoms with E-state index < -0.39 is 5.67 Å². The quantitative estimate of drug-likeness (QED) is 0.729. The van der Waals surface area contributed by atoms with Crippen molar-refractivity contribution < 1.29 is 9.13 Å². The van der Waals surface area contributed by atoms with E-state index in [0.29, 0.717) is 18.6 Å². The molecule has 0 unspecified atom stereocenters. The van der Waals surface area contributed by atoms with Crippen molar-refractivity contribution in [3.63, 3.8) is 0 Å². The van der Waals surface area contributed by atoms with E-state index in [9.17, 15) is 4.39 Å². The van der Waals surface area contributed by atoms with Gasteiger partial charge in [-0.15, -0.1) is 0 Å². The first-order valence-electron chi connectivity index (χ1n) is 8.44. The van der Waals surface area contributed by atoms with E-state index in [1.165, 1.54) is 0 Å². The van der Waals surface area contributed by atoms with Crippen LogP contribution in [-0.2, 0) is 6.42 Å². The molecule has 6 heteroatoms. The Morgan fingerprint density at radius 3 is 2.68 bits per heavy atom. The summed E-state index contributed by atoms with van der Waals surface area (Å²) in [6.07, 6.45) is 7.22. The topological polar surface area (TPSA) is 59.9 Å². The summed E-state index contributed by atoms with van der Waals surface area (Å²) in [7, 11) is 0. The average molecular weight is 338 g/mol. The molecule has 0 aliphatic heterocycles. The van der Waals surface area contributed by atoms with Crippen LogP contribution in [0.5, 0.6) is 5.75 Å². The molecule has 0 spiro atoms. The number of hydrogen-bond acceptors (Lipinski definition) is 5. The molecule has 25 heavy (non-hydrogen) atoms. The van der Waals surface area contributed by atoms with Gasteiger partial charge in [-0.05, 0) is 42.5 Å². The molecule has 1 N–H and O–H groups in total. The number of pyridine rings is 1. The van der Waals surface area contributed by atoms with Crippen LogP contribution >= 0.6 is 0 Å². The molecular formula is C19H19FN4O. The molecule has 5 nitrogen and oxygen atoms in total. The highest BCUT2D eigenvalue weighted by Gasteiger charge is 2.44. The van der Waals surface area contributed by atoms with Crippen molar-refractivity contribution in [3.8, 4) is 5.75 Å². The van der Waals surface area contributed by atoms with E-state index in [0.717, 1.165) is 34.5 Å². The first-order chi connectivity index (χ1) is 12.1. The minimum Gasteiger partial charge on any atom is -0.490 e. The molecule has 0 atom stereocenters. The lowest BCUT2D eigenvalue weighted by Crippen LogP contribution is -2.13. The highest BCUT2D eigenvalue weighted by atomic mass is 19.1. The zero-order chi connectivity index (χ0) is 17.3. The summed E-state index contributed by atoms with van der Waals surface area (Å²) in [5.74, 6) is 2.20. The van der Waals surface area contributed by atoms with Gasteiger partial charge in [-0.2, -0.15) is 0 Å². The van der Waals surface area contributed by atoms with Gasteiger partial charge in [0.1, 0.15) is 29.7 Å². The second-order valence-electron chi connectivity index (χ2n) is 6.35. The van der Waals surface area contributed by atoms with Crippen LogP contribution in [0.4, 0.5) is 15.9 Å². The van der Waals surface area contributed by atoms with Gasteiger partial charge in [-0.25, -0.2) is 19.3 Å². The molecule has 1 aliphatic carbocycles. The second kappa shape index (κ2) is 6.27. The van der Waals surface area contributed by atoms with Crippen LogP contribution in [0.3, 0.4) is 0 Å². The average Bonchev–Trinajstić information content (AvgIpc) is 3.38. The molecule has 1 aromatic carbocycles. The van der Waals surface area contributed by atoms with E-state index in [2.05, 4.69) is 20.3 Å². The van der Waals surface area contributed by atoms with E-state index in [4.69, 9.17) is 4.74 Å². The maximum Gasteiger partial charge on any atom is 0.145 e. The Hall–Kier alpha value is -2.76. The normalized spacial score (nSPS) is 15.1. The largest absolute Gasteiger partial charge is 0.490 e. The van der Waals surface area contributed by atoms with Crippen molar-refractivity contribution in [1.82, 2.24) is 15.0 Å². The highest BCUT2D eigenvalue weighted by Crippen LogP contribution is 2.40. The van der Waals surface area contributed by atoms with Crippen LogP contribution in [-0.4, -0.2) is 27.2 Å². The van der Waals surface area contributed by atoms with Crippen molar-refractivity contribution in [3.05, 3.63) is 48.7 Å². The minimum absolute atomic E-state index is 0.121. The Kier molecular flexibility index (Phi) is 3.95. The van der Waals surface area contributed by atoms with E-state index in [-0.39, 0.29) is 6.61 Å². The number of fused-ring (bicyclic) bond motifs is 1. The molecule has 0 bridgehead atoms. The van der Waals surface area contributed by atoms with Gasteiger partial charge in [0.2, 0.25) is 0 Å². The first kappa shape index (κ1) is 15.7. The van der Waals surface area contributed by atoms with Crippen LogP contribution in [0.2, 0.25) is 0 Å². The van der Waals surface area contributed by atoms with Crippen molar-refractivity contribution in [2.24, 2.45) is 0 Å². The number of nitrogens with zero attached hydrogens (tertiary/aromatic N) is 3. The van der Waals surface area contributed by atoms with Gasteiger partial charge in [-0.1, -0.05) is 6.92 Å². The maximum atomic E-state index is 13.7. The summed E-state index contributed by atoms with van der Waals surface area (Å²) < 4.78 is 19.3. The SMILES string of the molecule is CCc1ncc(Nc2nccc3cc(OCC4(F)CC4)ccc23)cn1. The number of ether oxygens (including phenoxy) is 1. The Bertz CT molecular complexity index is 894. The number of rotatable bonds is 6. The lowest BCUT2D eigenvalue weighted by molar-refractivity contribution is 0.178. The third kappa shape index (κ3) is 3.52. The molecule has 0 saturated heterocycles. The summed E-state index contributed by atoms with van der Waals surface area (Å²) in [6.45, 7) is 2.14. The van der Waals surface area contributed by atoms with Gasteiger partial charge in [0, 0.05) is 18.0 Å². The molecule has 1 saturated carbocycles. The predicted octanol–water partition coefficient (Wildman–Crippen LogP) is 4.21. The van der Waals surface area contributed by atoms with Gasteiger partial charge in [0.15, 0.2) is 0 Å². The molecule has 3 aromatic rings. The number of anilines is 2.